The third-order valence-electron chi connectivity index (χ3n) is 2.01. The molecule has 0 bridgehead atoms. The summed E-state index contributed by atoms with van der Waals surface area (Å²) in [6.07, 6.45) is 0. The Morgan fingerprint density at radius 3 is 2.94 bits per heavy atom. The Kier molecular flexibility index (Phi) is 2.16. The van der Waals surface area contributed by atoms with E-state index in [1.807, 2.05) is 0 Å². The van der Waals surface area contributed by atoms with Crippen molar-refractivity contribution < 1.29 is 10.1 Å². The van der Waals surface area contributed by atoms with Gasteiger partial charge < -0.3 is 21.9 Å². The molecule has 1 aromatic heterocycles. The zero-order valence-corrected chi connectivity index (χ0v) is 8.03. The van der Waals surface area contributed by atoms with E-state index in [1.54, 1.807) is 6.07 Å². The van der Waals surface area contributed by atoms with Crippen molar-refractivity contribution in [3.8, 4) is 0 Å². The van der Waals surface area contributed by atoms with E-state index in [0.29, 0.717) is 15.9 Å². The predicted molar refractivity (Wildman–Crippen MR) is 55.4 cm³/mol. The van der Waals surface area contributed by atoms with Crippen LogP contribution in [0.1, 0.15) is 5.56 Å². The van der Waals surface area contributed by atoms with E-state index < -0.39 is 0 Å². The number of rotatable bonds is 1. The summed E-state index contributed by atoms with van der Waals surface area (Å²) in [4.78, 5) is 4.20. The van der Waals surface area contributed by atoms with Crippen LogP contribution in [0.2, 0.25) is 0 Å². The van der Waals surface area contributed by atoms with Crippen molar-refractivity contribution in [2.24, 2.45) is 10.9 Å². The highest BCUT2D eigenvalue weighted by Crippen LogP contribution is 2.10. The van der Waals surface area contributed by atoms with Crippen LogP contribution in [-0.4, -0.2) is 21.1 Å². The maximum Gasteiger partial charge on any atom is 0.288 e. The van der Waals surface area contributed by atoms with Gasteiger partial charge in [-0.25, -0.2) is 4.98 Å². The van der Waals surface area contributed by atoms with E-state index in [0.717, 1.165) is 0 Å². The Labute approximate surface area is 89.4 Å². The van der Waals surface area contributed by atoms with Crippen molar-refractivity contribution in [3.63, 3.8) is 0 Å². The normalized spacial score (nSPS) is 11.9. The number of amidine groups is 1. The summed E-state index contributed by atoms with van der Waals surface area (Å²) in [7, 11) is 0. The van der Waals surface area contributed by atoms with Crippen LogP contribution < -0.4 is 16.3 Å². The Morgan fingerprint density at radius 1 is 1.50 bits per heavy atom. The molecule has 0 aliphatic heterocycles. The third kappa shape index (κ3) is 1.52. The molecule has 1 heterocycles. The molecule has 16 heavy (non-hydrogen) atoms. The minimum atomic E-state index is -0.112. The van der Waals surface area contributed by atoms with Gasteiger partial charge in [0.05, 0.1) is 5.10 Å². The Hall–Kier alpha value is -2.64. The van der Waals surface area contributed by atoms with Crippen molar-refractivity contribution in [1.82, 2.24) is 10.1 Å². The van der Waals surface area contributed by atoms with E-state index in [4.69, 9.17) is 16.7 Å². The number of nitrogens with two attached hydrogens (primary N) is 2. The lowest BCUT2D eigenvalue weighted by molar-refractivity contribution is -0.641. The van der Waals surface area contributed by atoms with E-state index in [9.17, 15) is 5.21 Å². The number of benzene rings is 1. The second-order valence-corrected chi connectivity index (χ2v) is 3.03. The Bertz CT molecular complexity index is 582. The highest BCUT2D eigenvalue weighted by Gasteiger charge is 2.11. The average molecular weight is 220 g/mol. The maximum absolute atomic E-state index is 11.4. The summed E-state index contributed by atoms with van der Waals surface area (Å²) >= 11 is 0. The van der Waals surface area contributed by atoms with Gasteiger partial charge in [0.15, 0.2) is 5.84 Å². The van der Waals surface area contributed by atoms with Crippen molar-refractivity contribution in [2.75, 3.05) is 5.73 Å². The van der Waals surface area contributed by atoms with Gasteiger partial charge in [0.25, 0.3) is 11.5 Å². The predicted octanol–water partition coefficient (Wildman–Crippen LogP) is -1.06. The number of hydrogen-bond donors (Lipinski definition) is 3. The Balaban J connectivity index is 2.71. The number of nitrogen functional groups attached to an aromatic ring is 1. The molecule has 0 atom stereocenters. The monoisotopic (exact) mass is 220 g/mol. The molecule has 82 valence electrons. The molecule has 0 unspecified atom stereocenters. The number of fused-ring (bicyclic) bond motifs is 1. The number of anilines is 1. The fraction of sp³-hybridized carbons (Fsp3) is 0. The number of hydrogen-bond acceptors (Lipinski definition) is 6. The van der Waals surface area contributed by atoms with Crippen molar-refractivity contribution in [3.05, 3.63) is 29.0 Å². The minimum Gasteiger partial charge on any atom is -0.594 e. The molecule has 5 N–H and O–H groups in total. The van der Waals surface area contributed by atoms with E-state index in [1.165, 1.54) is 12.1 Å². The van der Waals surface area contributed by atoms with Crippen molar-refractivity contribution in [2.45, 2.75) is 0 Å². The lowest BCUT2D eigenvalue weighted by atomic mass is 10.2. The molecule has 8 nitrogen and oxygen atoms in total. The second-order valence-electron chi connectivity index (χ2n) is 3.03. The topological polar surface area (TPSA) is 137 Å². The smallest absolute Gasteiger partial charge is 0.288 e. The standard InChI is InChI=1S/C8H8N6O2/c9-7(13-15)4-1-2-5-6(3-4)14(16)12-8(10)11-5/h1-3,15H,(H2,9,13)(H2,10,11,12). The highest BCUT2D eigenvalue weighted by atomic mass is 16.5. The van der Waals surface area contributed by atoms with Gasteiger partial charge >= 0.3 is 0 Å². The van der Waals surface area contributed by atoms with Gasteiger partial charge in [-0.15, -0.1) is 0 Å². The molecule has 2 rings (SSSR count). The zero-order chi connectivity index (χ0) is 11.7. The fourth-order valence-electron chi connectivity index (χ4n) is 1.28. The quantitative estimate of drug-likeness (QED) is 0.140. The molecular formula is C8H8N6O2. The summed E-state index contributed by atoms with van der Waals surface area (Å²) < 4.78 is 0. The van der Waals surface area contributed by atoms with Crippen LogP contribution in [0.25, 0.3) is 11.0 Å². The molecule has 0 saturated heterocycles. The number of aromatic nitrogens is 3. The van der Waals surface area contributed by atoms with E-state index in [2.05, 4.69) is 15.2 Å². The summed E-state index contributed by atoms with van der Waals surface area (Å²) in [5, 5.41) is 26.1. The first-order valence-electron chi connectivity index (χ1n) is 4.27. The first kappa shape index (κ1) is 9.90. The van der Waals surface area contributed by atoms with Gasteiger partial charge in [0.1, 0.15) is 5.52 Å². The third-order valence-corrected chi connectivity index (χ3v) is 2.01. The van der Waals surface area contributed by atoms with Gasteiger partial charge in [0, 0.05) is 11.6 Å². The van der Waals surface area contributed by atoms with E-state index in [-0.39, 0.29) is 17.3 Å². The SMILES string of the molecule is NC(=NO)c1ccc2nc(N)n[n+]([O-])c2c1. The summed E-state index contributed by atoms with van der Waals surface area (Å²) in [6.45, 7) is 0. The van der Waals surface area contributed by atoms with E-state index >= 15 is 0 Å². The van der Waals surface area contributed by atoms with Crippen molar-refractivity contribution in [1.29, 1.82) is 0 Å². The van der Waals surface area contributed by atoms with Crippen LogP contribution in [0.5, 0.6) is 0 Å². The van der Waals surface area contributed by atoms with Crippen LogP contribution in [-0.2, 0) is 0 Å². The Morgan fingerprint density at radius 2 is 2.25 bits per heavy atom. The van der Waals surface area contributed by atoms with Gasteiger partial charge in [-0.05, 0) is 17.0 Å². The molecule has 0 radical (unpaired) electrons. The largest absolute Gasteiger partial charge is 0.594 e. The fourth-order valence-corrected chi connectivity index (χ4v) is 1.28. The first-order chi connectivity index (χ1) is 7.61. The molecule has 0 aliphatic rings. The van der Waals surface area contributed by atoms with Crippen LogP contribution >= 0.6 is 0 Å². The molecule has 2 aromatic rings. The van der Waals surface area contributed by atoms with Gasteiger partial charge in [0.2, 0.25) is 0 Å². The summed E-state index contributed by atoms with van der Waals surface area (Å²) in [6, 6.07) is 4.51. The molecule has 0 amide bonds. The van der Waals surface area contributed by atoms with Crippen molar-refractivity contribution >= 4 is 22.8 Å². The molecule has 1 aromatic carbocycles. The number of oxime groups is 1. The zero-order valence-electron chi connectivity index (χ0n) is 8.03. The lowest BCUT2D eigenvalue weighted by Gasteiger charge is -2.01. The van der Waals surface area contributed by atoms with Gasteiger partial charge in [-0.2, -0.15) is 0 Å². The molecule has 0 saturated carbocycles. The van der Waals surface area contributed by atoms with Crippen LogP contribution in [0.4, 0.5) is 5.95 Å². The second kappa shape index (κ2) is 3.50. The molecular weight excluding hydrogens is 212 g/mol. The lowest BCUT2D eigenvalue weighted by Crippen LogP contribution is -2.33. The summed E-state index contributed by atoms with van der Waals surface area (Å²) in [5.74, 6) is -0.210. The molecule has 8 heteroatoms. The van der Waals surface area contributed by atoms with Crippen LogP contribution in [0.3, 0.4) is 0 Å². The van der Waals surface area contributed by atoms with Gasteiger partial charge in [-0.1, -0.05) is 5.16 Å². The maximum atomic E-state index is 11.4. The van der Waals surface area contributed by atoms with Gasteiger partial charge in [-0.3, -0.25) is 0 Å². The average Bonchev–Trinajstić information content (AvgIpc) is 2.27. The highest BCUT2D eigenvalue weighted by molar-refractivity contribution is 5.99. The summed E-state index contributed by atoms with van der Waals surface area (Å²) in [5.41, 5.74) is 11.7. The van der Waals surface area contributed by atoms with Crippen LogP contribution in [0.15, 0.2) is 23.4 Å². The first-order valence-corrected chi connectivity index (χ1v) is 4.27. The molecule has 0 fully saturated rings. The molecule has 0 aliphatic carbocycles. The minimum absolute atomic E-state index is 0.0984. The number of nitrogens with zero attached hydrogens (tertiary/aromatic N) is 4. The van der Waals surface area contributed by atoms with Crippen LogP contribution in [0, 0.1) is 5.21 Å². The molecule has 0 spiro atoms.